The van der Waals surface area contributed by atoms with Gasteiger partial charge in [0.05, 0.1) is 0 Å². The van der Waals surface area contributed by atoms with Crippen molar-refractivity contribution in [2.45, 2.75) is 58.4 Å². The van der Waals surface area contributed by atoms with Crippen LogP contribution in [0.1, 0.15) is 52.9 Å². The van der Waals surface area contributed by atoms with Crippen molar-refractivity contribution in [2.24, 2.45) is 0 Å². The molecule has 0 spiro atoms. The Bertz CT molecular complexity index is 689. The Labute approximate surface area is 136 Å². The summed E-state index contributed by atoms with van der Waals surface area (Å²) in [6, 6.07) is 0. The van der Waals surface area contributed by atoms with Crippen molar-refractivity contribution in [3.63, 3.8) is 0 Å². The molecule has 0 fully saturated rings. The molecular formula is C16H24N6O. The van der Waals surface area contributed by atoms with E-state index in [-0.39, 0.29) is 17.3 Å². The molecule has 2 aromatic heterocycles. The van der Waals surface area contributed by atoms with Gasteiger partial charge in [-0.05, 0) is 26.7 Å². The van der Waals surface area contributed by atoms with Gasteiger partial charge in [0, 0.05) is 24.4 Å². The maximum absolute atomic E-state index is 11.4. The second kappa shape index (κ2) is 7.30. The molecule has 0 saturated carbocycles. The number of fused-ring (bicyclic) bond motifs is 1. The van der Waals surface area contributed by atoms with Gasteiger partial charge in [-0.1, -0.05) is 19.8 Å². The van der Waals surface area contributed by atoms with Crippen LogP contribution >= 0.6 is 0 Å². The van der Waals surface area contributed by atoms with Crippen molar-refractivity contribution < 1.29 is 4.79 Å². The van der Waals surface area contributed by atoms with Gasteiger partial charge in [0.25, 0.3) is 0 Å². The van der Waals surface area contributed by atoms with Gasteiger partial charge in [0.2, 0.25) is 5.95 Å². The van der Waals surface area contributed by atoms with E-state index in [1.165, 1.54) is 0 Å². The van der Waals surface area contributed by atoms with Gasteiger partial charge in [-0.2, -0.15) is 9.97 Å². The van der Waals surface area contributed by atoms with E-state index in [1.54, 1.807) is 19.3 Å². The number of hydrogen-bond donors (Lipinski definition) is 2. The molecule has 0 radical (unpaired) electrons. The van der Waals surface area contributed by atoms with Crippen LogP contribution in [0.25, 0.3) is 11.2 Å². The maximum Gasteiger partial charge on any atom is 0.224 e. The van der Waals surface area contributed by atoms with E-state index < -0.39 is 0 Å². The lowest BCUT2D eigenvalue weighted by Crippen LogP contribution is -2.36. The molecule has 0 amide bonds. The number of hydrogen-bond acceptors (Lipinski definition) is 7. The summed E-state index contributed by atoms with van der Waals surface area (Å²) in [6.45, 7) is 5.87. The van der Waals surface area contributed by atoms with Crippen molar-refractivity contribution in [3.8, 4) is 0 Å². The third kappa shape index (κ3) is 4.58. The molecular weight excluding hydrogens is 292 g/mol. The zero-order valence-corrected chi connectivity index (χ0v) is 14.0. The van der Waals surface area contributed by atoms with Crippen LogP contribution in [-0.2, 0) is 4.79 Å². The fraction of sp³-hybridized carbons (Fsp3) is 0.562. The van der Waals surface area contributed by atoms with Crippen LogP contribution in [-0.4, -0.2) is 31.3 Å². The first-order valence-corrected chi connectivity index (χ1v) is 7.95. The van der Waals surface area contributed by atoms with Crippen LogP contribution in [0, 0.1) is 0 Å². The Morgan fingerprint density at radius 2 is 2.00 bits per heavy atom. The number of unbranched alkanes of at least 4 members (excludes halogenated alkanes) is 1. The molecule has 0 bridgehead atoms. The van der Waals surface area contributed by atoms with Crippen molar-refractivity contribution in [2.75, 3.05) is 11.1 Å². The Hall–Kier alpha value is -2.31. The van der Waals surface area contributed by atoms with Gasteiger partial charge in [0.15, 0.2) is 17.0 Å². The fourth-order valence-electron chi connectivity index (χ4n) is 2.52. The third-order valence-corrected chi connectivity index (χ3v) is 3.88. The Balaban J connectivity index is 2.33. The summed E-state index contributed by atoms with van der Waals surface area (Å²) in [4.78, 5) is 28.3. The Morgan fingerprint density at radius 3 is 2.70 bits per heavy atom. The number of nitrogens with one attached hydrogen (secondary N) is 1. The van der Waals surface area contributed by atoms with Crippen LogP contribution in [0.3, 0.4) is 0 Å². The highest BCUT2D eigenvalue weighted by atomic mass is 16.1. The van der Waals surface area contributed by atoms with E-state index in [0.29, 0.717) is 23.4 Å². The van der Waals surface area contributed by atoms with E-state index in [0.717, 1.165) is 25.7 Å². The number of carbonyl (C=O) groups is 1. The summed E-state index contributed by atoms with van der Waals surface area (Å²) in [7, 11) is 0. The molecule has 0 aromatic carbocycles. The molecule has 7 heteroatoms. The van der Waals surface area contributed by atoms with Crippen molar-refractivity contribution in [1.82, 2.24) is 19.9 Å². The van der Waals surface area contributed by atoms with Crippen molar-refractivity contribution in [3.05, 3.63) is 12.4 Å². The number of anilines is 2. The summed E-state index contributed by atoms with van der Waals surface area (Å²) in [5.74, 6) is 0.911. The largest absolute Gasteiger partial charge is 0.368 e. The minimum Gasteiger partial charge on any atom is -0.368 e. The number of ketones is 1. The van der Waals surface area contributed by atoms with Crippen molar-refractivity contribution >= 4 is 28.7 Å². The van der Waals surface area contributed by atoms with E-state index in [9.17, 15) is 4.79 Å². The van der Waals surface area contributed by atoms with E-state index >= 15 is 0 Å². The minimum atomic E-state index is -0.257. The Kier molecular flexibility index (Phi) is 5.41. The molecule has 124 valence electrons. The lowest BCUT2D eigenvalue weighted by Gasteiger charge is -2.31. The van der Waals surface area contributed by atoms with Crippen LogP contribution < -0.4 is 11.1 Å². The molecule has 0 unspecified atom stereocenters. The monoisotopic (exact) mass is 316 g/mol. The van der Waals surface area contributed by atoms with Crippen LogP contribution in [0.5, 0.6) is 0 Å². The third-order valence-electron chi connectivity index (χ3n) is 3.88. The normalized spacial score (nSPS) is 13.7. The average molecular weight is 316 g/mol. The highest BCUT2D eigenvalue weighted by Crippen LogP contribution is 2.28. The van der Waals surface area contributed by atoms with Gasteiger partial charge in [0.1, 0.15) is 5.78 Å². The van der Waals surface area contributed by atoms with Gasteiger partial charge >= 0.3 is 0 Å². The minimum absolute atomic E-state index is 0.157. The number of nitrogens with zero attached hydrogens (tertiary/aromatic N) is 4. The number of nitrogens with two attached hydrogens (primary N) is 1. The first-order valence-electron chi connectivity index (χ1n) is 7.95. The molecule has 1 atom stereocenters. The van der Waals surface area contributed by atoms with Gasteiger partial charge in [-0.3, -0.25) is 0 Å². The van der Waals surface area contributed by atoms with Crippen LogP contribution in [0.15, 0.2) is 12.4 Å². The SMILES string of the molecule is CCCC[C@](C)(CCC(C)=O)Nc1nc(N)nc2nccnc12. The van der Waals surface area contributed by atoms with Gasteiger partial charge < -0.3 is 15.8 Å². The van der Waals surface area contributed by atoms with E-state index in [4.69, 9.17) is 5.73 Å². The quantitative estimate of drug-likeness (QED) is 0.771. The molecule has 2 rings (SSSR count). The summed E-state index contributed by atoms with van der Waals surface area (Å²) < 4.78 is 0. The van der Waals surface area contributed by atoms with Crippen LogP contribution in [0.2, 0.25) is 0 Å². The number of nitrogen functional groups attached to an aromatic ring is 1. The molecule has 0 saturated heterocycles. The number of Topliss-reactive ketones (excluding diaryl/α,β-unsaturated/α-hetero) is 1. The number of carbonyl (C=O) groups excluding carboxylic acids is 1. The zero-order chi connectivity index (χ0) is 16.9. The summed E-state index contributed by atoms with van der Waals surface area (Å²) in [6.07, 6.45) is 7.51. The molecule has 2 heterocycles. The van der Waals surface area contributed by atoms with Crippen molar-refractivity contribution in [1.29, 1.82) is 0 Å². The lowest BCUT2D eigenvalue weighted by atomic mass is 9.89. The average Bonchev–Trinajstić information content (AvgIpc) is 2.51. The molecule has 3 N–H and O–H groups in total. The molecule has 0 aliphatic rings. The summed E-state index contributed by atoms with van der Waals surface area (Å²) >= 11 is 0. The summed E-state index contributed by atoms with van der Waals surface area (Å²) in [5, 5.41) is 3.44. The first kappa shape index (κ1) is 17.1. The lowest BCUT2D eigenvalue weighted by molar-refractivity contribution is -0.117. The summed E-state index contributed by atoms with van der Waals surface area (Å²) in [5.41, 5.74) is 6.58. The standard InChI is InChI=1S/C16H24N6O/c1-4-5-7-16(3,8-6-11(2)23)22-14-12-13(19-10-9-18-12)20-15(17)21-14/h9-10H,4-8H2,1-3H3,(H3,17,19,20,21,22)/t16-/m1/s1. The highest BCUT2D eigenvalue weighted by Gasteiger charge is 2.26. The second-order valence-corrected chi connectivity index (χ2v) is 6.15. The molecule has 0 aliphatic heterocycles. The smallest absolute Gasteiger partial charge is 0.224 e. The van der Waals surface area contributed by atoms with Gasteiger partial charge in [-0.25, -0.2) is 9.97 Å². The topological polar surface area (TPSA) is 107 Å². The molecule has 23 heavy (non-hydrogen) atoms. The zero-order valence-electron chi connectivity index (χ0n) is 14.0. The number of aromatic nitrogens is 4. The Morgan fingerprint density at radius 1 is 1.26 bits per heavy atom. The first-order chi connectivity index (χ1) is 10.9. The predicted molar refractivity (Wildman–Crippen MR) is 91.0 cm³/mol. The maximum atomic E-state index is 11.4. The molecule has 2 aromatic rings. The van der Waals surface area contributed by atoms with Crippen LogP contribution in [0.4, 0.5) is 11.8 Å². The highest BCUT2D eigenvalue weighted by molar-refractivity contribution is 5.83. The predicted octanol–water partition coefficient (Wildman–Crippen LogP) is 2.73. The second-order valence-electron chi connectivity index (χ2n) is 6.15. The molecule has 0 aliphatic carbocycles. The number of rotatable bonds is 8. The fourth-order valence-corrected chi connectivity index (χ4v) is 2.52. The van der Waals surface area contributed by atoms with Gasteiger partial charge in [-0.15, -0.1) is 0 Å². The van der Waals surface area contributed by atoms with E-state index in [2.05, 4.69) is 39.1 Å². The molecule has 7 nitrogen and oxygen atoms in total. The van der Waals surface area contributed by atoms with E-state index in [1.807, 2.05) is 0 Å².